The predicted octanol–water partition coefficient (Wildman–Crippen LogP) is 1.30. The standard InChI is InChI=1S/C19H25N3O4S/c1-11(15(23)20-9-10-26-4)21-16(24)14-19(2,3)27-18-13-8-6-5-7-12(13)17(25)22(14)18/h5-8,11,14,18H,9-10H2,1-4H3,(H,20,23)(H,21,24)/t11-,14+,18?/m0/s1. The molecule has 2 aliphatic heterocycles. The van der Waals surface area contributed by atoms with Crippen molar-refractivity contribution in [2.75, 3.05) is 20.3 Å². The fraction of sp³-hybridized carbons (Fsp3) is 0.526. The van der Waals surface area contributed by atoms with E-state index in [1.165, 1.54) is 0 Å². The summed E-state index contributed by atoms with van der Waals surface area (Å²) in [4.78, 5) is 39.7. The third-order valence-corrected chi connectivity index (χ3v) is 6.44. The third kappa shape index (κ3) is 3.55. The number of thioether (sulfide) groups is 1. The van der Waals surface area contributed by atoms with Crippen LogP contribution in [0.3, 0.4) is 0 Å². The van der Waals surface area contributed by atoms with E-state index in [-0.39, 0.29) is 23.1 Å². The van der Waals surface area contributed by atoms with Crippen LogP contribution >= 0.6 is 11.8 Å². The minimum absolute atomic E-state index is 0.133. The van der Waals surface area contributed by atoms with Crippen molar-refractivity contribution in [3.05, 3.63) is 35.4 Å². The van der Waals surface area contributed by atoms with E-state index >= 15 is 0 Å². The molecule has 0 bridgehead atoms. The van der Waals surface area contributed by atoms with Gasteiger partial charge in [-0.05, 0) is 32.4 Å². The van der Waals surface area contributed by atoms with E-state index < -0.39 is 16.8 Å². The van der Waals surface area contributed by atoms with E-state index in [4.69, 9.17) is 4.74 Å². The first-order valence-electron chi connectivity index (χ1n) is 8.94. The van der Waals surface area contributed by atoms with Crippen molar-refractivity contribution >= 4 is 29.5 Å². The van der Waals surface area contributed by atoms with Crippen molar-refractivity contribution in [2.24, 2.45) is 0 Å². The molecule has 2 heterocycles. The Labute approximate surface area is 163 Å². The number of hydrogen-bond acceptors (Lipinski definition) is 5. The molecule has 0 radical (unpaired) electrons. The molecule has 7 nitrogen and oxygen atoms in total. The number of methoxy groups -OCH3 is 1. The van der Waals surface area contributed by atoms with Gasteiger partial charge >= 0.3 is 0 Å². The molecule has 1 saturated heterocycles. The van der Waals surface area contributed by atoms with Crippen molar-refractivity contribution in [1.82, 2.24) is 15.5 Å². The van der Waals surface area contributed by atoms with Gasteiger partial charge in [-0.1, -0.05) is 18.2 Å². The van der Waals surface area contributed by atoms with Crippen LogP contribution in [0.25, 0.3) is 0 Å². The van der Waals surface area contributed by atoms with Crippen LogP contribution in [-0.2, 0) is 14.3 Å². The summed E-state index contributed by atoms with van der Waals surface area (Å²) in [6, 6.07) is 6.12. The second kappa shape index (κ2) is 7.52. The van der Waals surface area contributed by atoms with Crippen LogP contribution in [0.4, 0.5) is 0 Å². The van der Waals surface area contributed by atoms with E-state index in [9.17, 15) is 14.4 Å². The number of amides is 3. The SMILES string of the molecule is COCCNC(=O)[C@H](C)NC(=O)[C@H]1N2C(=O)c3ccccc3C2SC1(C)C. The van der Waals surface area contributed by atoms with Crippen LogP contribution < -0.4 is 10.6 Å². The summed E-state index contributed by atoms with van der Waals surface area (Å²) in [5.41, 5.74) is 1.59. The number of carbonyl (C=O) groups is 3. The fourth-order valence-corrected chi connectivity index (χ4v) is 5.18. The van der Waals surface area contributed by atoms with Crippen LogP contribution in [0.5, 0.6) is 0 Å². The lowest BCUT2D eigenvalue weighted by Crippen LogP contribution is -2.56. The summed E-state index contributed by atoms with van der Waals surface area (Å²) >= 11 is 1.60. The van der Waals surface area contributed by atoms with Crippen molar-refractivity contribution in [2.45, 2.75) is 43.0 Å². The molecule has 3 amide bonds. The summed E-state index contributed by atoms with van der Waals surface area (Å²) < 4.78 is 4.43. The highest BCUT2D eigenvalue weighted by Crippen LogP contribution is 2.56. The lowest BCUT2D eigenvalue weighted by Gasteiger charge is -2.30. The van der Waals surface area contributed by atoms with Crippen LogP contribution in [-0.4, -0.2) is 59.7 Å². The Morgan fingerprint density at radius 3 is 2.74 bits per heavy atom. The summed E-state index contributed by atoms with van der Waals surface area (Å²) in [5.74, 6) is -0.729. The maximum Gasteiger partial charge on any atom is 0.256 e. The molecule has 3 rings (SSSR count). The highest BCUT2D eigenvalue weighted by Gasteiger charge is 2.57. The smallest absolute Gasteiger partial charge is 0.256 e. The summed E-state index contributed by atoms with van der Waals surface area (Å²) in [6.07, 6.45) is 0. The summed E-state index contributed by atoms with van der Waals surface area (Å²) in [6.45, 7) is 6.33. The van der Waals surface area contributed by atoms with Gasteiger partial charge in [0.2, 0.25) is 11.8 Å². The Morgan fingerprint density at radius 1 is 1.33 bits per heavy atom. The highest BCUT2D eigenvalue weighted by molar-refractivity contribution is 8.01. The van der Waals surface area contributed by atoms with Gasteiger partial charge in [-0.15, -0.1) is 11.8 Å². The molecule has 2 aliphatic rings. The number of benzene rings is 1. The first kappa shape index (κ1) is 19.7. The molecule has 27 heavy (non-hydrogen) atoms. The second-order valence-electron chi connectivity index (χ2n) is 7.29. The van der Waals surface area contributed by atoms with Gasteiger partial charge in [-0.25, -0.2) is 0 Å². The second-order valence-corrected chi connectivity index (χ2v) is 9.02. The Bertz CT molecular complexity index is 767. The van der Waals surface area contributed by atoms with Crippen molar-refractivity contribution < 1.29 is 19.1 Å². The molecule has 0 aromatic heterocycles. The lowest BCUT2D eigenvalue weighted by atomic mass is 10.0. The molecule has 8 heteroatoms. The monoisotopic (exact) mass is 391 g/mol. The Hall–Kier alpha value is -2.06. The van der Waals surface area contributed by atoms with E-state index in [0.29, 0.717) is 18.7 Å². The van der Waals surface area contributed by atoms with Crippen LogP contribution in [0.2, 0.25) is 0 Å². The van der Waals surface area contributed by atoms with Crippen LogP contribution in [0, 0.1) is 0 Å². The number of ether oxygens (including phenoxy) is 1. The molecule has 1 unspecified atom stereocenters. The first-order valence-corrected chi connectivity index (χ1v) is 9.82. The number of nitrogens with zero attached hydrogens (tertiary/aromatic N) is 1. The predicted molar refractivity (Wildman–Crippen MR) is 103 cm³/mol. The fourth-order valence-electron chi connectivity index (χ4n) is 3.59. The molecule has 0 saturated carbocycles. The Balaban J connectivity index is 1.75. The Kier molecular flexibility index (Phi) is 5.48. The van der Waals surface area contributed by atoms with Crippen molar-refractivity contribution in [1.29, 1.82) is 0 Å². The average molecular weight is 391 g/mol. The zero-order chi connectivity index (χ0) is 19.8. The van der Waals surface area contributed by atoms with Gasteiger partial charge in [-0.3, -0.25) is 14.4 Å². The largest absolute Gasteiger partial charge is 0.383 e. The molecule has 0 spiro atoms. The molecule has 2 N–H and O–H groups in total. The lowest BCUT2D eigenvalue weighted by molar-refractivity contribution is -0.131. The van der Waals surface area contributed by atoms with Crippen molar-refractivity contribution in [3.8, 4) is 0 Å². The molecule has 3 atom stereocenters. The number of carbonyl (C=O) groups excluding carboxylic acids is 3. The molecule has 1 aromatic rings. The maximum absolute atomic E-state index is 13.0. The molecule has 0 aliphatic carbocycles. The normalized spacial score (nSPS) is 23.6. The van der Waals surface area contributed by atoms with Gasteiger partial charge in [0.15, 0.2) is 0 Å². The number of rotatable bonds is 6. The van der Waals surface area contributed by atoms with E-state index in [2.05, 4.69) is 10.6 Å². The zero-order valence-corrected chi connectivity index (χ0v) is 16.8. The minimum Gasteiger partial charge on any atom is -0.383 e. The van der Waals surface area contributed by atoms with Crippen molar-refractivity contribution in [3.63, 3.8) is 0 Å². The molecule has 146 valence electrons. The quantitative estimate of drug-likeness (QED) is 0.714. The third-order valence-electron chi connectivity index (χ3n) is 4.90. The topological polar surface area (TPSA) is 87.7 Å². The van der Waals surface area contributed by atoms with E-state index in [0.717, 1.165) is 5.56 Å². The highest BCUT2D eigenvalue weighted by atomic mass is 32.2. The first-order chi connectivity index (χ1) is 12.8. The summed E-state index contributed by atoms with van der Waals surface area (Å²) in [7, 11) is 1.55. The van der Waals surface area contributed by atoms with Crippen LogP contribution in [0.1, 0.15) is 42.1 Å². The molecule has 1 fully saturated rings. The van der Waals surface area contributed by atoms with Gasteiger partial charge in [0.1, 0.15) is 17.5 Å². The van der Waals surface area contributed by atoms with Crippen LogP contribution in [0.15, 0.2) is 24.3 Å². The molecule has 1 aromatic carbocycles. The molecular formula is C19H25N3O4S. The minimum atomic E-state index is -0.700. The van der Waals surface area contributed by atoms with Gasteiger partial charge in [0.25, 0.3) is 5.91 Å². The van der Waals surface area contributed by atoms with E-state index in [1.807, 2.05) is 32.0 Å². The van der Waals surface area contributed by atoms with Gasteiger partial charge in [0, 0.05) is 24.0 Å². The average Bonchev–Trinajstić information content (AvgIpc) is 3.05. The number of fused-ring (bicyclic) bond motifs is 3. The van der Waals surface area contributed by atoms with Gasteiger partial charge in [-0.2, -0.15) is 0 Å². The molecular weight excluding hydrogens is 366 g/mol. The number of nitrogens with one attached hydrogen (secondary N) is 2. The maximum atomic E-state index is 13.0. The summed E-state index contributed by atoms with van der Waals surface area (Å²) in [5, 5.41) is 5.29. The van der Waals surface area contributed by atoms with E-state index in [1.54, 1.807) is 36.8 Å². The zero-order valence-electron chi connectivity index (χ0n) is 15.9. The van der Waals surface area contributed by atoms with Gasteiger partial charge < -0.3 is 20.3 Å². The van der Waals surface area contributed by atoms with Gasteiger partial charge in [0.05, 0.1) is 6.61 Å². The number of hydrogen-bond donors (Lipinski definition) is 2. The Morgan fingerprint density at radius 2 is 2.04 bits per heavy atom.